The van der Waals surface area contributed by atoms with Crippen molar-refractivity contribution in [3.63, 3.8) is 0 Å². The summed E-state index contributed by atoms with van der Waals surface area (Å²) in [5, 5.41) is 0.704. The number of esters is 1. The van der Waals surface area contributed by atoms with E-state index in [-0.39, 0.29) is 29.5 Å². The minimum absolute atomic E-state index is 0.0531. The van der Waals surface area contributed by atoms with Gasteiger partial charge in [0.1, 0.15) is 24.0 Å². The van der Waals surface area contributed by atoms with Crippen LogP contribution < -0.4 is 4.74 Å². The lowest BCUT2D eigenvalue weighted by Crippen LogP contribution is -2.09. The number of hydrogen-bond donors (Lipinski definition) is 0. The smallest absolute Gasteiger partial charge is 0.358 e. The molecule has 0 amide bonds. The van der Waals surface area contributed by atoms with Crippen LogP contribution in [0.25, 0.3) is 11.1 Å². The number of benzene rings is 2. The Morgan fingerprint density at radius 2 is 1.76 bits per heavy atom. The fraction of sp³-hybridized carbons (Fsp3) is 0.231. The number of carbonyl (C=O) groups excluding carboxylic acids is 1. The maximum absolute atomic E-state index is 14.1. The van der Waals surface area contributed by atoms with Gasteiger partial charge in [-0.2, -0.15) is 0 Å². The number of halogens is 4. The number of allylic oxidation sites excluding steroid dienone is 2. The SMILES string of the molecule is CCOC(=O)c1nc(C2=C(c3cc(Cl)ccc3OCc3c(F)cccc3F)CCC2)ccc1Cl. The van der Waals surface area contributed by atoms with Gasteiger partial charge in [-0.05, 0) is 79.8 Å². The van der Waals surface area contributed by atoms with Crippen LogP contribution in [0.1, 0.15) is 53.5 Å². The molecule has 0 fully saturated rings. The summed E-state index contributed by atoms with van der Waals surface area (Å²) in [6.45, 7) is 1.64. The van der Waals surface area contributed by atoms with Gasteiger partial charge in [-0.15, -0.1) is 0 Å². The highest BCUT2D eigenvalue weighted by Crippen LogP contribution is 2.43. The second-order valence-corrected chi connectivity index (χ2v) is 8.53. The number of aromatic nitrogens is 1. The Labute approximate surface area is 206 Å². The fourth-order valence-corrected chi connectivity index (χ4v) is 4.31. The van der Waals surface area contributed by atoms with E-state index < -0.39 is 17.6 Å². The highest BCUT2D eigenvalue weighted by molar-refractivity contribution is 6.33. The maximum Gasteiger partial charge on any atom is 0.358 e. The van der Waals surface area contributed by atoms with Crippen LogP contribution in [0, 0.1) is 11.6 Å². The van der Waals surface area contributed by atoms with Crippen LogP contribution in [-0.4, -0.2) is 17.6 Å². The van der Waals surface area contributed by atoms with Crippen molar-refractivity contribution in [3.05, 3.63) is 92.7 Å². The van der Waals surface area contributed by atoms with Gasteiger partial charge in [0.2, 0.25) is 0 Å². The summed E-state index contributed by atoms with van der Waals surface area (Å²) in [7, 11) is 0. The fourth-order valence-electron chi connectivity index (χ4n) is 3.96. The average Bonchev–Trinajstić information content (AvgIpc) is 3.30. The largest absolute Gasteiger partial charge is 0.488 e. The van der Waals surface area contributed by atoms with Crippen LogP contribution in [0.2, 0.25) is 10.0 Å². The van der Waals surface area contributed by atoms with Crippen LogP contribution in [0.5, 0.6) is 5.75 Å². The summed E-state index contributed by atoms with van der Waals surface area (Å²) < 4.78 is 39.1. The molecule has 4 nitrogen and oxygen atoms in total. The lowest BCUT2D eigenvalue weighted by Gasteiger charge is -2.16. The van der Waals surface area contributed by atoms with Crippen molar-refractivity contribution in [2.75, 3.05) is 6.61 Å². The van der Waals surface area contributed by atoms with Crippen molar-refractivity contribution in [3.8, 4) is 5.75 Å². The van der Waals surface area contributed by atoms with Crippen LogP contribution in [0.4, 0.5) is 8.78 Å². The van der Waals surface area contributed by atoms with Gasteiger partial charge in [-0.25, -0.2) is 18.6 Å². The van der Waals surface area contributed by atoms with Gasteiger partial charge in [0.25, 0.3) is 0 Å². The van der Waals surface area contributed by atoms with E-state index in [2.05, 4.69) is 4.98 Å². The number of pyridine rings is 1. The molecule has 8 heteroatoms. The first-order valence-electron chi connectivity index (χ1n) is 10.8. The molecule has 1 aliphatic carbocycles. The minimum Gasteiger partial charge on any atom is -0.488 e. The predicted molar refractivity (Wildman–Crippen MR) is 128 cm³/mol. The topological polar surface area (TPSA) is 48.4 Å². The van der Waals surface area contributed by atoms with Crippen molar-refractivity contribution in [2.45, 2.75) is 32.8 Å². The first kappa shape index (κ1) is 24.2. The summed E-state index contributed by atoms with van der Waals surface area (Å²) in [4.78, 5) is 16.8. The van der Waals surface area contributed by atoms with Crippen LogP contribution in [0.15, 0.2) is 48.5 Å². The molecule has 34 heavy (non-hydrogen) atoms. The van der Waals surface area contributed by atoms with E-state index in [0.717, 1.165) is 30.4 Å². The number of ether oxygens (including phenoxy) is 2. The highest BCUT2D eigenvalue weighted by Gasteiger charge is 2.24. The van der Waals surface area contributed by atoms with Crippen molar-refractivity contribution >= 4 is 40.3 Å². The van der Waals surface area contributed by atoms with Crippen molar-refractivity contribution in [1.29, 1.82) is 0 Å². The van der Waals surface area contributed by atoms with Crippen LogP contribution in [0.3, 0.4) is 0 Å². The van der Waals surface area contributed by atoms with Gasteiger partial charge in [0.15, 0.2) is 5.69 Å². The third kappa shape index (κ3) is 5.08. The van der Waals surface area contributed by atoms with Gasteiger partial charge in [-0.1, -0.05) is 29.3 Å². The molecule has 0 bridgehead atoms. The average molecular weight is 504 g/mol. The number of hydrogen-bond acceptors (Lipinski definition) is 4. The third-order valence-electron chi connectivity index (χ3n) is 5.54. The minimum atomic E-state index is -0.673. The second kappa shape index (κ2) is 10.5. The Morgan fingerprint density at radius 1 is 1.03 bits per heavy atom. The van der Waals surface area contributed by atoms with E-state index in [1.165, 1.54) is 18.2 Å². The van der Waals surface area contributed by atoms with Gasteiger partial charge >= 0.3 is 5.97 Å². The maximum atomic E-state index is 14.1. The van der Waals surface area contributed by atoms with Crippen molar-refractivity contribution < 1.29 is 23.0 Å². The summed E-state index contributed by atoms with van der Waals surface area (Å²) in [6, 6.07) is 12.2. The third-order valence-corrected chi connectivity index (χ3v) is 6.08. The Hall–Kier alpha value is -2.96. The number of nitrogens with zero attached hydrogens (tertiary/aromatic N) is 1. The van der Waals surface area contributed by atoms with Gasteiger partial charge in [0, 0.05) is 10.6 Å². The van der Waals surface area contributed by atoms with Gasteiger partial charge in [-0.3, -0.25) is 0 Å². The van der Waals surface area contributed by atoms with E-state index in [1.807, 2.05) is 0 Å². The molecule has 1 aromatic heterocycles. The normalized spacial score (nSPS) is 13.3. The van der Waals surface area contributed by atoms with Gasteiger partial charge < -0.3 is 9.47 Å². The quantitative estimate of drug-likeness (QED) is 0.313. The standard InChI is InChI=1S/C26H21Cl2F2NO3/c1-2-33-26(32)25-20(28)10-11-23(31-25)17-6-3-5-16(17)18-13-15(27)9-12-24(18)34-14-19-21(29)7-4-8-22(19)30/h4,7-13H,2-3,5-6,14H2,1H3. The molecule has 2 aromatic carbocycles. The predicted octanol–water partition coefficient (Wildman–Crippen LogP) is 7.52. The zero-order chi connectivity index (χ0) is 24.2. The molecule has 1 heterocycles. The monoisotopic (exact) mass is 503 g/mol. The zero-order valence-corrected chi connectivity index (χ0v) is 19.9. The van der Waals surface area contributed by atoms with E-state index in [9.17, 15) is 13.6 Å². The molecular weight excluding hydrogens is 483 g/mol. The first-order chi connectivity index (χ1) is 16.4. The molecule has 176 valence electrons. The molecule has 4 rings (SSSR count). The van der Waals surface area contributed by atoms with Crippen LogP contribution in [-0.2, 0) is 11.3 Å². The zero-order valence-electron chi connectivity index (χ0n) is 18.3. The lowest BCUT2D eigenvalue weighted by molar-refractivity contribution is 0.0519. The molecule has 0 N–H and O–H groups in total. The molecule has 0 radical (unpaired) electrons. The lowest BCUT2D eigenvalue weighted by atomic mass is 9.98. The molecule has 0 spiro atoms. The van der Waals surface area contributed by atoms with Crippen molar-refractivity contribution in [1.82, 2.24) is 4.98 Å². The molecule has 0 saturated heterocycles. The Bertz CT molecular complexity index is 1260. The summed E-state index contributed by atoms with van der Waals surface area (Å²) in [6.07, 6.45) is 2.30. The highest BCUT2D eigenvalue weighted by atomic mass is 35.5. The molecule has 1 aliphatic rings. The molecular formula is C26H21Cl2F2NO3. The summed E-state index contributed by atoms with van der Waals surface area (Å²) >= 11 is 12.5. The summed E-state index contributed by atoms with van der Waals surface area (Å²) in [5.41, 5.74) is 3.08. The second-order valence-electron chi connectivity index (χ2n) is 7.69. The van der Waals surface area contributed by atoms with E-state index in [4.69, 9.17) is 32.7 Å². The van der Waals surface area contributed by atoms with Crippen molar-refractivity contribution in [2.24, 2.45) is 0 Å². The van der Waals surface area contributed by atoms with E-state index in [1.54, 1.807) is 37.3 Å². The molecule has 0 saturated carbocycles. The molecule has 3 aromatic rings. The number of carbonyl (C=O) groups is 1. The first-order valence-corrected chi connectivity index (χ1v) is 11.6. The van der Waals surface area contributed by atoms with Crippen LogP contribution >= 0.6 is 23.2 Å². The van der Waals surface area contributed by atoms with E-state index in [0.29, 0.717) is 22.0 Å². The molecule has 0 aliphatic heterocycles. The Balaban J connectivity index is 1.73. The summed E-state index contributed by atoms with van der Waals surface area (Å²) in [5.74, 6) is -1.49. The molecule has 0 atom stereocenters. The number of rotatable bonds is 7. The molecule has 0 unspecified atom stereocenters. The Kier molecular flexibility index (Phi) is 7.49. The van der Waals surface area contributed by atoms with E-state index >= 15 is 0 Å². The van der Waals surface area contributed by atoms with Gasteiger partial charge in [0.05, 0.1) is 22.9 Å². The Morgan fingerprint density at radius 3 is 2.50 bits per heavy atom.